The van der Waals surface area contributed by atoms with Gasteiger partial charge in [0.1, 0.15) is 5.76 Å². The van der Waals surface area contributed by atoms with Crippen molar-refractivity contribution < 1.29 is 19.1 Å². The van der Waals surface area contributed by atoms with Gasteiger partial charge in [0, 0.05) is 6.04 Å². The van der Waals surface area contributed by atoms with Gasteiger partial charge in [-0.2, -0.15) is 0 Å². The highest BCUT2D eigenvalue weighted by Gasteiger charge is 2.34. The number of rotatable bonds is 3. The van der Waals surface area contributed by atoms with Crippen molar-refractivity contribution >= 4 is 11.9 Å². The van der Waals surface area contributed by atoms with Crippen molar-refractivity contribution in [1.29, 1.82) is 0 Å². The summed E-state index contributed by atoms with van der Waals surface area (Å²) in [6.07, 6.45) is 3.64. The molecule has 0 unspecified atom stereocenters. The summed E-state index contributed by atoms with van der Waals surface area (Å²) in [6.45, 7) is 1.71. The molecule has 1 heterocycles. The molecule has 1 aliphatic rings. The van der Waals surface area contributed by atoms with E-state index in [4.69, 9.17) is 9.52 Å². The number of nitrogens with one attached hydrogen (secondary N) is 1. The largest absolute Gasteiger partial charge is 0.481 e. The van der Waals surface area contributed by atoms with Crippen molar-refractivity contribution in [3.8, 4) is 0 Å². The molecule has 0 aromatic carbocycles. The highest BCUT2D eigenvalue weighted by molar-refractivity contribution is 5.95. The maximum absolute atomic E-state index is 11.9. The van der Waals surface area contributed by atoms with Crippen LogP contribution in [0.4, 0.5) is 0 Å². The molecule has 1 aliphatic carbocycles. The molecule has 0 aliphatic heterocycles. The fraction of sp³-hybridized carbons (Fsp3) is 0.500. The minimum atomic E-state index is -0.836. The Kier molecular flexibility index (Phi) is 3.17. The smallest absolute Gasteiger partial charge is 0.308 e. The second kappa shape index (κ2) is 4.61. The molecule has 17 heavy (non-hydrogen) atoms. The van der Waals surface area contributed by atoms with Gasteiger partial charge in [-0.3, -0.25) is 9.59 Å². The van der Waals surface area contributed by atoms with Gasteiger partial charge in [-0.05, 0) is 25.8 Å². The molecule has 0 saturated heterocycles. The first-order valence-electron chi connectivity index (χ1n) is 5.67. The van der Waals surface area contributed by atoms with E-state index in [0.29, 0.717) is 17.7 Å². The first-order valence-corrected chi connectivity index (χ1v) is 5.67. The van der Waals surface area contributed by atoms with E-state index in [0.717, 1.165) is 12.8 Å². The lowest BCUT2D eigenvalue weighted by molar-refractivity contribution is -0.142. The van der Waals surface area contributed by atoms with Crippen molar-refractivity contribution in [2.75, 3.05) is 0 Å². The summed E-state index contributed by atoms with van der Waals surface area (Å²) in [5.74, 6) is -1.01. The fourth-order valence-electron chi connectivity index (χ4n) is 2.30. The van der Waals surface area contributed by atoms with Crippen LogP contribution in [0.5, 0.6) is 0 Å². The third-order valence-electron chi connectivity index (χ3n) is 3.25. The molecule has 0 bridgehead atoms. The molecule has 1 saturated carbocycles. The molecule has 0 spiro atoms. The van der Waals surface area contributed by atoms with Crippen molar-refractivity contribution in [3.05, 3.63) is 23.7 Å². The second-order valence-electron chi connectivity index (χ2n) is 4.35. The SMILES string of the molecule is Cc1occc1C(=O)N[C@@H]1CCC[C@@H]1C(=O)O. The predicted molar refractivity (Wildman–Crippen MR) is 59.7 cm³/mol. The van der Waals surface area contributed by atoms with Gasteiger partial charge in [-0.15, -0.1) is 0 Å². The third kappa shape index (κ3) is 2.33. The Balaban J connectivity index is 2.04. The highest BCUT2D eigenvalue weighted by atomic mass is 16.4. The van der Waals surface area contributed by atoms with Crippen LogP contribution >= 0.6 is 0 Å². The monoisotopic (exact) mass is 237 g/mol. The van der Waals surface area contributed by atoms with Crippen LogP contribution in [0.15, 0.2) is 16.7 Å². The minimum Gasteiger partial charge on any atom is -0.481 e. The molecule has 0 radical (unpaired) electrons. The molecule has 1 aromatic rings. The summed E-state index contributed by atoms with van der Waals surface area (Å²) in [6, 6.07) is 1.32. The Morgan fingerprint density at radius 2 is 2.24 bits per heavy atom. The molecule has 1 fully saturated rings. The predicted octanol–water partition coefficient (Wildman–Crippen LogP) is 1.57. The first kappa shape index (κ1) is 11.7. The molecule has 92 valence electrons. The number of carbonyl (C=O) groups excluding carboxylic acids is 1. The number of amides is 1. The van der Waals surface area contributed by atoms with E-state index >= 15 is 0 Å². The van der Waals surface area contributed by atoms with Crippen molar-refractivity contribution in [3.63, 3.8) is 0 Å². The van der Waals surface area contributed by atoms with E-state index in [2.05, 4.69) is 5.32 Å². The average molecular weight is 237 g/mol. The van der Waals surface area contributed by atoms with Crippen LogP contribution in [0.2, 0.25) is 0 Å². The van der Waals surface area contributed by atoms with Crippen LogP contribution in [-0.4, -0.2) is 23.0 Å². The number of aryl methyl sites for hydroxylation is 1. The number of furan rings is 1. The molecule has 1 aromatic heterocycles. The first-order chi connectivity index (χ1) is 8.09. The number of carbonyl (C=O) groups is 2. The molecule has 1 amide bonds. The summed E-state index contributed by atoms with van der Waals surface area (Å²) in [5.41, 5.74) is 0.473. The van der Waals surface area contributed by atoms with Gasteiger partial charge in [0.05, 0.1) is 17.7 Å². The van der Waals surface area contributed by atoms with Crippen LogP contribution in [0.25, 0.3) is 0 Å². The standard InChI is InChI=1S/C12H15NO4/c1-7-8(5-6-17-7)11(14)13-10-4-2-3-9(10)12(15)16/h5-6,9-10H,2-4H2,1H3,(H,13,14)(H,15,16)/t9-,10+/m0/s1. The van der Waals surface area contributed by atoms with E-state index < -0.39 is 11.9 Å². The van der Waals surface area contributed by atoms with E-state index in [-0.39, 0.29) is 11.9 Å². The Labute approximate surface area is 98.8 Å². The number of aliphatic carboxylic acids is 1. The zero-order valence-electron chi connectivity index (χ0n) is 9.60. The Hall–Kier alpha value is -1.78. The van der Waals surface area contributed by atoms with Crippen LogP contribution < -0.4 is 5.32 Å². The van der Waals surface area contributed by atoms with E-state index in [1.807, 2.05) is 0 Å². The molecule has 5 heteroatoms. The van der Waals surface area contributed by atoms with E-state index in [1.165, 1.54) is 6.26 Å². The van der Waals surface area contributed by atoms with Gasteiger partial charge in [0.2, 0.25) is 0 Å². The molecular formula is C12H15NO4. The minimum absolute atomic E-state index is 0.255. The second-order valence-corrected chi connectivity index (χ2v) is 4.35. The van der Waals surface area contributed by atoms with Crippen LogP contribution in [0.3, 0.4) is 0 Å². The molecular weight excluding hydrogens is 222 g/mol. The third-order valence-corrected chi connectivity index (χ3v) is 3.25. The quantitative estimate of drug-likeness (QED) is 0.836. The number of carboxylic acid groups (broad SMARTS) is 1. The Bertz CT molecular complexity index is 437. The number of carboxylic acids is 1. The van der Waals surface area contributed by atoms with Crippen molar-refractivity contribution in [2.24, 2.45) is 5.92 Å². The molecule has 2 atom stereocenters. The van der Waals surface area contributed by atoms with Gasteiger partial charge in [0.25, 0.3) is 5.91 Å². The highest BCUT2D eigenvalue weighted by Crippen LogP contribution is 2.26. The summed E-state index contributed by atoms with van der Waals surface area (Å²) in [4.78, 5) is 22.9. The Morgan fingerprint density at radius 1 is 1.47 bits per heavy atom. The van der Waals surface area contributed by atoms with Crippen molar-refractivity contribution in [1.82, 2.24) is 5.32 Å². The number of hydrogen-bond donors (Lipinski definition) is 2. The van der Waals surface area contributed by atoms with Gasteiger partial charge in [0.15, 0.2) is 0 Å². The fourth-order valence-corrected chi connectivity index (χ4v) is 2.30. The van der Waals surface area contributed by atoms with Gasteiger partial charge in [-0.25, -0.2) is 0 Å². The zero-order chi connectivity index (χ0) is 12.4. The summed E-state index contributed by atoms with van der Waals surface area (Å²) in [5, 5.41) is 11.8. The molecule has 5 nitrogen and oxygen atoms in total. The van der Waals surface area contributed by atoms with Gasteiger partial charge >= 0.3 is 5.97 Å². The van der Waals surface area contributed by atoms with Crippen LogP contribution in [-0.2, 0) is 4.79 Å². The lowest BCUT2D eigenvalue weighted by atomic mass is 10.0. The molecule has 2 rings (SSSR count). The normalized spacial score (nSPS) is 23.6. The maximum Gasteiger partial charge on any atom is 0.308 e. The summed E-state index contributed by atoms with van der Waals surface area (Å²) >= 11 is 0. The van der Waals surface area contributed by atoms with Crippen molar-refractivity contribution in [2.45, 2.75) is 32.2 Å². The van der Waals surface area contributed by atoms with E-state index in [9.17, 15) is 9.59 Å². The van der Waals surface area contributed by atoms with E-state index in [1.54, 1.807) is 13.0 Å². The zero-order valence-corrected chi connectivity index (χ0v) is 9.60. The molecule has 2 N–H and O–H groups in total. The maximum atomic E-state index is 11.9. The van der Waals surface area contributed by atoms with Gasteiger partial charge in [-0.1, -0.05) is 6.42 Å². The van der Waals surface area contributed by atoms with Crippen LogP contribution in [0.1, 0.15) is 35.4 Å². The summed E-state index contributed by atoms with van der Waals surface area (Å²) < 4.78 is 5.05. The van der Waals surface area contributed by atoms with Crippen LogP contribution in [0, 0.1) is 12.8 Å². The summed E-state index contributed by atoms with van der Waals surface area (Å²) in [7, 11) is 0. The van der Waals surface area contributed by atoms with Gasteiger partial charge < -0.3 is 14.8 Å². The lowest BCUT2D eigenvalue weighted by Gasteiger charge is -2.17. The average Bonchev–Trinajstić information content (AvgIpc) is 2.86. The number of hydrogen-bond acceptors (Lipinski definition) is 3. The Morgan fingerprint density at radius 3 is 2.82 bits per heavy atom. The lowest BCUT2D eigenvalue weighted by Crippen LogP contribution is -2.40. The topological polar surface area (TPSA) is 79.5 Å².